The topological polar surface area (TPSA) is 83.4 Å². The standard InChI is InChI=1S/C14H15N3O3/c1-9-6-7-20-12(9)13(18)16-10-4-3-5-11(8-10)17-14(19)15-2/h3-8H,1-2H3,(H,16,18)(H2,15,17,19). The first kappa shape index (κ1) is 13.7. The van der Waals surface area contributed by atoms with E-state index >= 15 is 0 Å². The number of furan rings is 1. The van der Waals surface area contributed by atoms with Crippen LogP contribution in [-0.2, 0) is 0 Å². The van der Waals surface area contributed by atoms with Crippen LogP contribution in [-0.4, -0.2) is 19.0 Å². The van der Waals surface area contributed by atoms with Crippen LogP contribution in [0.15, 0.2) is 41.0 Å². The van der Waals surface area contributed by atoms with Gasteiger partial charge in [0.05, 0.1) is 6.26 Å². The number of rotatable bonds is 3. The normalized spacial score (nSPS) is 9.90. The molecule has 2 aromatic rings. The van der Waals surface area contributed by atoms with Crippen LogP contribution in [0.4, 0.5) is 16.2 Å². The highest BCUT2D eigenvalue weighted by Gasteiger charge is 2.12. The van der Waals surface area contributed by atoms with Gasteiger partial charge in [0.15, 0.2) is 5.76 Å². The smallest absolute Gasteiger partial charge is 0.318 e. The van der Waals surface area contributed by atoms with Crippen molar-refractivity contribution in [1.82, 2.24) is 5.32 Å². The fourth-order valence-corrected chi connectivity index (χ4v) is 1.66. The molecule has 3 N–H and O–H groups in total. The van der Waals surface area contributed by atoms with Gasteiger partial charge in [0.25, 0.3) is 5.91 Å². The molecule has 1 aromatic carbocycles. The Morgan fingerprint density at radius 2 is 1.80 bits per heavy atom. The summed E-state index contributed by atoms with van der Waals surface area (Å²) in [5, 5.41) is 7.79. The number of amides is 3. The molecular formula is C14H15N3O3. The summed E-state index contributed by atoms with van der Waals surface area (Å²) in [5.41, 5.74) is 1.92. The van der Waals surface area contributed by atoms with Crippen molar-refractivity contribution in [1.29, 1.82) is 0 Å². The highest BCUT2D eigenvalue weighted by molar-refractivity contribution is 6.03. The minimum Gasteiger partial charge on any atom is -0.459 e. The van der Waals surface area contributed by atoms with Gasteiger partial charge in [-0.3, -0.25) is 4.79 Å². The van der Waals surface area contributed by atoms with Crippen LogP contribution in [0.25, 0.3) is 0 Å². The van der Waals surface area contributed by atoms with Gasteiger partial charge in [-0.15, -0.1) is 0 Å². The minimum absolute atomic E-state index is 0.273. The Kier molecular flexibility index (Phi) is 4.05. The van der Waals surface area contributed by atoms with Crippen molar-refractivity contribution >= 4 is 23.3 Å². The molecule has 0 aliphatic rings. The SMILES string of the molecule is CNC(=O)Nc1cccc(NC(=O)c2occc2C)c1. The van der Waals surface area contributed by atoms with Gasteiger partial charge in [-0.2, -0.15) is 0 Å². The number of nitrogens with one attached hydrogen (secondary N) is 3. The molecule has 104 valence electrons. The van der Waals surface area contributed by atoms with Crippen LogP contribution in [0.3, 0.4) is 0 Å². The summed E-state index contributed by atoms with van der Waals surface area (Å²) >= 11 is 0. The van der Waals surface area contributed by atoms with Gasteiger partial charge in [-0.25, -0.2) is 4.79 Å². The summed E-state index contributed by atoms with van der Waals surface area (Å²) in [4.78, 5) is 23.2. The zero-order valence-corrected chi connectivity index (χ0v) is 11.2. The molecule has 20 heavy (non-hydrogen) atoms. The molecule has 6 nitrogen and oxygen atoms in total. The van der Waals surface area contributed by atoms with Crippen LogP contribution in [0, 0.1) is 6.92 Å². The van der Waals surface area contributed by atoms with Crippen LogP contribution in [0.2, 0.25) is 0 Å². The molecule has 0 aliphatic heterocycles. The summed E-state index contributed by atoms with van der Waals surface area (Å²) in [5.74, 6) is -0.0562. The lowest BCUT2D eigenvalue weighted by atomic mass is 10.2. The number of anilines is 2. The Morgan fingerprint density at radius 3 is 2.40 bits per heavy atom. The molecule has 0 saturated heterocycles. The van der Waals surface area contributed by atoms with Gasteiger partial charge in [-0.05, 0) is 31.2 Å². The Labute approximate surface area is 116 Å². The number of carbonyl (C=O) groups is 2. The van der Waals surface area contributed by atoms with Crippen molar-refractivity contribution in [2.45, 2.75) is 6.92 Å². The lowest BCUT2D eigenvalue weighted by Gasteiger charge is -2.08. The molecule has 0 bridgehead atoms. The van der Waals surface area contributed by atoms with E-state index in [1.165, 1.54) is 13.3 Å². The molecule has 0 radical (unpaired) electrons. The first-order valence-electron chi connectivity index (χ1n) is 6.04. The van der Waals surface area contributed by atoms with Gasteiger partial charge < -0.3 is 20.4 Å². The van der Waals surface area contributed by atoms with Gasteiger partial charge in [0, 0.05) is 24.0 Å². The number of urea groups is 1. The molecule has 0 spiro atoms. The second-order valence-electron chi connectivity index (χ2n) is 4.17. The van der Waals surface area contributed by atoms with E-state index in [1.807, 2.05) is 0 Å². The highest BCUT2D eigenvalue weighted by Crippen LogP contribution is 2.17. The molecule has 0 fully saturated rings. The van der Waals surface area contributed by atoms with Crippen molar-refractivity contribution in [2.75, 3.05) is 17.7 Å². The van der Waals surface area contributed by atoms with Crippen LogP contribution < -0.4 is 16.0 Å². The molecule has 6 heteroatoms. The number of aryl methyl sites for hydroxylation is 1. The molecule has 0 aliphatic carbocycles. The lowest BCUT2D eigenvalue weighted by molar-refractivity contribution is 0.0996. The number of benzene rings is 1. The van der Waals surface area contributed by atoms with E-state index < -0.39 is 0 Å². The molecular weight excluding hydrogens is 258 g/mol. The van der Waals surface area contributed by atoms with E-state index in [2.05, 4.69) is 16.0 Å². The minimum atomic E-state index is -0.329. The summed E-state index contributed by atoms with van der Waals surface area (Å²) in [6.45, 7) is 1.79. The van der Waals surface area contributed by atoms with Gasteiger partial charge >= 0.3 is 6.03 Å². The monoisotopic (exact) mass is 273 g/mol. The summed E-state index contributed by atoms with van der Waals surface area (Å²) in [7, 11) is 1.53. The van der Waals surface area contributed by atoms with Gasteiger partial charge in [-0.1, -0.05) is 6.07 Å². The van der Waals surface area contributed by atoms with E-state index in [1.54, 1.807) is 37.3 Å². The second-order valence-corrected chi connectivity index (χ2v) is 4.17. The third-order valence-electron chi connectivity index (χ3n) is 2.67. The van der Waals surface area contributed by atoms with Crippen molar-refractivity contribution in [3.63, 3.8) is 0 Å². The Balaban J connectivity index is 2.10. The fraction of sp³-hybridized carbons (Fsp3) is 0.143. The third kappa shape index (κ3) is 3.17. The predicted molar refractivity (Wildman–Crippen MR) is 75.9 cm³/mol. The molecule has 1 heterocycles. The maximum absolute atomic E-state index is 12.0. The largest absolute Gasteiger partial charge is 0.459 e. The van der Waals surface area contributed by atoms with E-state index in [0.717, 1.165) is 5.56 Å². The zero-order valence-electron chi connectivity index (χ0n) is 11.2. The first-order valence-corrected chi connectivity index (χ1v) is 6.04. The zero-order chi connectivity index (χ0) is 14.5. The molecule has 0 atom stereocenters. The van der Waals surface area contributed by atoms with Crippen molar-refractivity contribution in [3.8, 4) is 0 Å². The maximum atomic E-state index is 12.0. The van der Waals surface area contributed by atoms with Crippen LogP contribution in [0.1, 0.15) is 16.1 Å². The number of hydrogen-bond donors (Lipinski definition) is 3. The molecule has 2 rings (SSSR count). The Bertz CT molecular complexity index is 634. The first-order chi connectivity index (χ1) is 9.60. The highest BCUT2D eigenvalue weighted by atomic mass is 16.3. The lowest BCUT2D eigenvalue weighted by Crippen LogP contribution is -2.24. The quantitative estimate of drug-likeness (QED) is 0.803. The van der Waals surface area contributed by atoms with E-state index in [9.17, 15) is 9.59 Å². The van der Waals surface area contributed by atoms with Gasteiger partial charge in [0.2, 0.25) is 0 Å². The summed E-state index contributed by atoms with van der Waals surface area (Å²) in [6.07, 6.45) is 1.47. The predicted octanol–water partition coefficient (Wildman–Crippen LogP) is 2.59. The molecule has 0 unspecified atom stereocenters. The molecule has 0 saturated carbocycles. The van der Waals surface area contributed by atoms with E-state index in [0.29, 0.717) is 11.4 Å². The number of hydrogen-bond acceptors (Lipinski definition) is 3. The number of carbonyl (C=O) groups excluding carboxylic acids is 2. The van der Waals surface area contributed by atoms with Crippen molar-refractivity contribution < 1.29 is 14.0 Å². The molecule has 3 amide bonds. The average molecular weight is 273 g/mol. The Morgan fingerprint density at radius 1 is 1.10 bits per heavy atom. The average Bonchev–Trinajstić information content (AvgIpc) is 2.85. The van der Waals surface area contributed by atoms with Crippen molar-refractivity contribution in [2.24, 2.45) is 0 Å². The third-order valence-corrected chi connectivity index (χ3v) is 2.67. The fourth-order valence-electron chi connectivity index (χ4n) is 1.66. The Hall–Kier alpha value is -2.76. The second kappa shape index (κ2) is 5.92. The van der Waals surface area contributed by atoms with E-state index in [-0.39, 0.29) is 17.7 Å². The maximum Gasteiger partial charge on any atom is 0.318 e. The van der Waals surface area contributed by atoms with Crippen LogP contribution >= 0.6 is 0 Å². The van der Waals surface area contributed by atoms with Crippen molar-refractivity contribution in [3.05, 3.63) is 47.9 Å². The summed E-state index contributed by atoms with van der Waals surface area (Å²) < 4.78 is 5.12. The van der Waals surface area contributed by atoms with E-state index in [4.69, 9.17) is 4.42 Å². The molecule has 1 aromatic heterocycles. The van der Waals surface area contributed by atoms with Gasteiger partial charge in [0.1, 0.15) is 0 Å². The summed E-state index contributed by atoms with van der Waals surface area (Å²) in [6, 6.07) is 8.24. The van der Waals surface area contributed by atoms with Crippen LogP contribution in [0.5, 0.6) is 0 Å².